The number of carbonyl (C=O) groups is 2. The van der Waals surface area contributed by atoms with E-state index in [0.717, 1.165) is 37.4 Å². The number of nitrogens with one attached hydrogen (secondary N) is 1. The van der Waals surface area contributed by atoms with Gasteiger partial charge in [-0.25, -0.2) is 4.39 Å². The number of nitrogens with zero attached hydrogens (tertiary/aromatic N) is 2. The number of amides is 2. The van der Waals surface area contributed by atoms with Gasteiger partial charge in [0.05, 0.1) is 18.7 Å². The Bertz CT molecular complexity index is 910. The van der Waals surface area contributed by atoms with Crippen molar-refractivity contribution in [1.82, 2.24) is 5.32 Å². The summed E-state index contributed by atoms with van der Waals surface area (Å²) in [4.78, 5) is 28.7. The van der Waals surface area contributed by atoms with Crippen molar-refractivity contribution < 1.29 is 18.7 Å². The molecule has 1 atom stereocenters. The van der Waals surface area contributed by atoms with Crippen molar-refractivity contribution in [2.75, 3.05) is 36.5 Å². The molecule has 6 nitrogen and oxygen atoms in total. The zero-order chi connectivity index (χ0) is 21.1. The van der Waals surface area contributed by atoms with Gasteiger partial charge in [-0.2, -0.15) is 0 Å². The van der Waals surface area contributed by atoms with Crippen LogP contribution in [0, 0.1) is 11.7 Å². The molecule has 2 aliphatic heterocycles. The maximum absolute atomic E-state index is 14.0. The van der Waals surface area contributed by atoms with Crippen LogP contribution in [0.25, 0.3) is 0 Å². The number of para-hydroxylation sites is 1. The first-order chi connectivity index (χ1) is 14.5. The van der Waals surface area contributed by atoms with Gasteiger partial charge in [-0.3, -0.25) is 9.59 Å². The van der Waals surface area contributed by atoms with Gasteiger partial charge in [0.25, 0.3) is 0 Å². The number of hydrogen-bond donors (Lipinski definition) is 1. The van der Waals surface area contributed by atoms with Crippen LogP contribution >= 0.6 is 0 Å². The Morgan fingerprint density at radius 3 is 2.47 bits per heavy atom. The standard InChI is InChI=1S/C23H26FN3O3/c1-30-19-8-6-18(7-9-19)26-12-10-17(11-13-26)25-23(29)16-14-22(28)27(15-16)21-5-3-2-4-20(21)24/h2-9,16-17H,10-15H2,1H3,(H,25,29). The molecule has 4 rings (SSSR count). The maximum atomic E-state index is 14.0. The Hall–Kier alpha value is -3.09. The van der Waals surface area contributed by atoms with E-state index in [1.54, 1.807) is 25.3 Å². The fraction of sp³-hybridized carbons (Fsp3) is 0.391. The van der Waals surface area contributed by atoms with Crippen LogP contribution in [0.3, 0.4) is 0 Å². The number of methoxy groups -OCH3 is 1. The summed E-state index contributed by atoms with van der Waals surface area (Å²) in [5.74, 6) is -0.398. The summed E-state index contributed by atoms with van der Waals surface area (Å²) in [6.07, 6.45) is 1.80. The van der Waals surface area contributed by atoms with Gasteiger partial charge >= 0.3 is 0 Å². The molecule has 0 aromatic heterocycles. The number of rotatable bonds is 5. The van der Waals surface area contributed by atoms with E-state index in [2.05, 4.69) is 10.2 Å². The molecule has 2 aromatic carbocycles. The smallest absolute Gasteiger partial charge is 0.227 e. The SMILES string of the molecule is COc1ccc(N2CCC(NC(=O)C3CC(=O)N(c4ccccc4F)C3)CC2)cc1. The van der Waals surface area contributed by atoms with Crippen molar-refractivity contribution in [3.05, 3.63) is 54.3 Å². The molecular formula is C23H26FN3O3. The maximum Gasteiger partial charge on any atom is 0.227 e. The summed E-state index contributed by atoms with van der Waals surface area (Å²) in [5.41, 5.74) is 1.38. The van der Waals surface area contributed by atoms with E-state index < -0.39 is 11.7 Å². The van der Waals surface area contributed by atoms with E-state index >= 15 is 0 Å². The van der Waals surface area contributed by atoms with Crippen molar-refractivity contribution in [3.8, 4) is 5.75 Å². The second kappa shape index (κ2) is 8.73. The topological polar surface area (TPSA) is 61.9 Å². The zero-order valence-corrected chi connectivity index (χ0v) is 17.0. The van der Waals surface area contributed by atoms with Gasteiger partial charge in [-0.1, -0.05) is 12.1 Å². The third-order valence-electron chi connectivity index (χ3n) is 5.92. The van der Waals surface area contributed by atoms with E-state index in [-0.39, 0.29) is 36.5 Å². The molecule has 0 aliphatic carbocycles. The Kier molecular flexibility index (Phi) is 5.88. The minimum Gasteiger partial charge on any atom is -0.497 e. The number of halogens is 1. The summed E-state index contributed by atoms with van der Waals surface area (Å²) >= 11 is 0. The molecule has 7 heteroatoms. The molecule has 2 heterocycles. The first-order valence-corrected chi connectivity index (χ1v) is 10.3. The van der Waals surface area contributed by atoms with Crippen molar-refractivity contribution in [3.63, 3.8) is 0 Å². The predicted molar refractivity (Wildman–Crippen MR) is 113 cm³/mol. The Morgan fingerprint density at radius 1 is 1.10 bits per heavy atom. The lowest BCUT2D eigenvalue weighted by atomic mass is 10.0. The van der Waals surface area contributed by atoms with Crippen LogP contribution in [0.5, 0.6) is 5.75 Å². The van der Waals surface area contributed by atoms with E-state index in [1.165, 1.54) is 11.0 Å². The molecule has 158 valence electrons. The number of piperidine rings is 1. The molecule has 0 saturated carbocycles. The number of ether oxygens (including phenoxy) is 1. The highest BCUT2D eigenvalue weighted by molar-refractivity contribution is 6.00. The van der Waals surface area contributed by atoms with Gasteiger partial charge in [-0.15, -0.1) is 0 Å². The molecule has 2 saturated heterocycles. The Morgan fingerprint density at radius 2 is 1.80 bits per heavy atom. The number of hydrogen-bond acceptors (Lipinski definition) is 4. The van der Waals surface area contributed by atoms with Crippen LogP contribution in [0.15, 0.2) is 48.5 Å². The lowest BCUT2D eigenvalue weighted by Gasteiger charge is -2.34. The molecule has 2 aromatic rings. The molecule has 2 amide bonds. The normalized spacial score (nSPS) is 19.8. The quantitative estimate of drug-likeness (QED) is 0.822. The Labute approximate surface area is 175 Å². The average Bonchev–Trinajstić information content (AvgIpc) is 3.16. The number of anilines is 2. The summed E-state index contributed by atoms with van der Waals surface area (Å²) in [7, 11) is 1.65. The summed E-state index contributed by atoms with van der Waals surface area (Å²) < 4.78 is 19.2. The van der Waals surface area contributed by atoms with Crippen LogP contribution in [-0.2, 0) is 9.59 Å². The molecular weight excluding hydrogens is 385 g/mol. The van der Waals surface area contributed by atoms with Gasteiger partial charge in [0.2, 0.25) is 11.8 Å². The molecule has 0 radical (unpaired) electrons. The highest BCUT2D eigenvalue weighted by atomic mass is 19.1. The van der Waals surface area contributed by atoms with Gasteiger partial charge in [0.15, 0.2) is 0 Å². The van der Waals surface area contributed by atoms with Crippen LogP contribution in [-0.4, -0.2) is 44.6 Å². The van der Waals surface area contributed by atoms with Crippen LogP contribution < -0.4 is 19.9 Å². The lowest BCUT2D eigenvalue weighted by Crippen LogP contribution is -2.46. The second-order valence-electron chi connectivity index (χ2n) is 7.82. The molecule has 0 spiro atoms. The molecule has 2 fully saturated rings. The monoisotopic (exact) mass is 411 g/mol. The van der Waals surface area contributed by atoms with Crippen LogP contribution in [0.4, 0.5) is 15.8 Å². The predicted octanol–water partition coefficient (Wildman–Crippen LogP) is 2.97. The summed E-state index contributed by atoms with van der Waals surface area (Å²) in [6.45, 7) is 1.92. The molecule has 30 heavy (non-hydrogen) atoms. The number of benzene rings is 2. The van der Waals surface area contributed by atoms with Crippen molar-refractivity contribution in [1.29, 1.82) is 0 Å². The summed E-state index contributed by atoms with van der Waals surface area (Å²) in [5, 5.41) is 3.10. The van der Waals surface area contributed by atoms with E-state index in [1.807, 2.05) is 24.3 Å². The molecule has 2 aliphatic rings. The second-order valence-corrected chi connectivity index (χ2v) is 7.82. The van der Waals surface area contributed by atoms with Gasteiger partial charge in [0, 0.05) is 37.8 Å². The average molecular weight is 411 g/mol. The fourth-order valence-corrected chi connectivity index (χ4v) is 4.18. The van der Waals surface area contributed by atoms with Gasteiger partial charge < -0.3 is 19.9 Å². The highest BCUT2D eigenvalue weighted by Gasteiger charge is 2.37. The summed E-state index contributed by atoms with van der Waals surface area (Å²) in [6, 6.07) is 14.2. The van der Waals surface area contributed by atoms with Crippen LogP contribution in [0.2, 0.25) is 0 Å². The number of carbonyl (C=O) groups excluding carboxylic acids is 2. The molecule has 0 bridgehead atoms. The van der Waals surface area contributed by atoms with E-state index in [9.17, 15) is 14.0 Å². The minimum absolute atomic E-state index is 0.0876. The van der Waals surface area contributed by atoms with Crippen molar-refractivity contribution in [2.24, 2.45) is 5.92 Å². The fourth-order valence-electron chi connectivity index (χ4n) is 4.18. The van der Waals surface area contributed by atoms with Gasteiger partial charge in [0.1, 0.15) is 11.6 Å². The third-order valence-corrected chi connectivity index (χ3v) is 5.92. The molecule has 1 unspecified atom stereocenters. The van der Waals surface area contributed by atoms with Crippen molar-refractivity contribution >= 4 is 23.2 Å². The van der Waals surface area contributed by atoms with Crippen LogP contribution in [0.1, 0.15) is 19.3 Å². The van der Waals surface area contributed by atoms with E-state index in [4.69, 9.17) is 4.74 Å². The largest absolute Gasteiger partial charge is 0.497 e. The van der Waals surface area contributed by atoms with Crippen molar-refractivity contribution in [2.45, 2.75) is 25.3 Å². The first kappa shape index (κ1) is 20.2. The van der Waals surface area contributed by atoms with Gasteiger partial charge in [-0.05, 0) is 49.2 Å². The third kappa shape index (κ3) is 4.25. The minimum atomic E-state index is -0.447. The lowest BCUT2D eigenvalue weighted by molar-refractivity contribution is -0.127. The Balaban J connectivity index is 1.30. The zero-order valence-electron chi connectivity index (χ0n) is 17.0. The highest BCUT2D eigenvalue weighted by Crippen LogP contribution is 2.28. The first-order valence-electron chi connectivity index (χ1n) is 10.3. The van der Waals surface area contributed by atoms with E-state index in [0.29, 0.717) is 0 Å². The molecule has 1 N–H and O–H groups in total.